The van der Waals surface area contributed by atoms with Crippen molar-refractivity contribution in [3.8, 4) is 10.7 Å². The van der Waals surface area contributed by atoms with Crippen LogP contribution in [0.1, 0.15) is 23.2 Å². The summed E-state index contributed by atoms with van der Waals surface area (Å²) < 4.78 is 4.92. The Labute approximate surface area is 84.6 Å². The first kappa shape index (κ1) is 9.08. The van der Waals surface area contributed by atoms with E-state index in [1.54, 1.807) is 11.4 Å². The highest BCUT2D eigenvalue weighted by atomic mass is 32.1. The standard InChI is InChI=1S/C9H8N2O2S/c1-5-3-7(11-13-5)9-10-8(4-14-9)6(2)12/h3-4H,1-2H3. The maximum absolute atomic E-state index is 11.0. The van der Waals surface area contributed by atoms with Gasteiger partial charge < -0.3 is 4.52 Å². The number of nitrogens with zero attached hydrogens (tertiary/aromatic N) is 2. The fourth-order valence-corrected chi connectivity index (χ4v) is 1.83. The summed E-state index contributed by atoms with van der Waals surface area (Å²) >= 11 is 1.39. The molecule has 0 N–H and O–H groups in total. The zero-order chi connectivity index (χ0) is 10.1. The Hall–Kier alpha value is -1.49. The number of rotatable bonds is 2. The van der Waals surface area contributed by atoms with Gasteiger partial charge >= 0.3 is 0 Å². The van der Waals surface area contributed by atoms with Gasteiger partial charge in [0.1, 0.15) is 22.2 Å². The number of thiazole rings is 1. The largest absolute Gasteiger partial charge is 0.361 e. The maximum Gasteiger partial charge on any atom is 0.178 e. The molecule has 14 heavy (non-hydrogen) atoms. The van der Waals surface area contributed by atoms with E-state index in [1.165, 1.54) is 18.3 Å². The van der Waals surface area contributed by atoms with Gasteiger partial charge in [-0.15, -0.1) is 11.3 Å². The molecule has 0 aliphatic rings. The van der Waals surface area contributed by atoms with Gasteiger partial charge in [0.25, 0.3) is 0 Å². The highest BCUT2D eigenvalue weighted by Crippen LogP contribution is 2.23. The molecule has 0 saturated heterocycles. The molecule has 2 rings (SSSR count). The first-order valence-electron chi connectivity index (χ1n) is 4.07. The lowest BCUT2D eigenvalue weighted by Gasteiger charge is -1.84. The van der Waals surface area contributed by atoms with Gasteiger partial charge in [0.15, 0.2) is 5.78 Å². The average Bonchev–Trinajstić information content (AvgIpc) is 2.70. The van der Waals surface area contributed by atoms with Crippen LogP contribution in [-0.4, -0.2) is 15.9 Å². The van der Waals surface area contributed by atoms with Gasteiger partial charge in [-0.3, -0.25) is 4.79 Å². The Bertz CT molecular complexity index is 473. The molecule has 2 heterocycles. The smallest absolute Gasteiger partial charge is 0.178 e. The fraction of sp³-hybridized carbons (Fsp3) is 0.222. The number of aromatic nitrogens is 2. The first-order chi connectivity index (χ1) is 6.66. The molecule has 4 nitrogen and oxygen atoms in total. The zero-order valence-corrected chi connectivity index (χ0v) is 8.59. The summed E-state index contributed by atoms with van der Waals surface area (Å²) in [6.45, 7) is 3.31. The van der Waals surface area contributed by atoms with Crippen molar-refractivity contribution in [3.63, 3.8) is 0 Å². The van der Waals surface area contributed by atoms with E-state index >= 15 is 0 Å². The number of carbonyl (C=O) groups is 1. The van der Waals surface area contributed by atoms with Crippen molar-refractivity contribution in [1.29, 1.82) is 0 Å². The summed E-state index contributed by atoms with van der Waals surface area (Å²) in [7, 11) is 0. The minimum absolute atomic E-state index is 0.0345. The number of hydrogen-bond donors (Lipinski definition) is 0. The van der Waals surface area contributed by atoms with Crippen molar-refractivity contribution in [2.24, 2.45) is 0 Å². The predicted molar refractivity (Wildman–Crippen MR) is 52.4 cm³/mol. The van der Waals surface area contributed by atoms with E-state index in [2.05, 4.69) is 10.1 Å². The molecule has 0 radical (unpaired) electrons. The molecule has 0 atom stereocenters. The second-order valence-electron chi connectivity index (χ2n) is 2.92. The van der Waals surface area contributed by atoms with E-state index in [-0.39, 0.29) is 5.78 Å². The molecule has 2 aromatic heterocycles. The molecule has 0 aliphatic carbocycles. The van der Waals surface area contributed by atoms with Crippen LogP contribution in [0, 0.1) is 6.92 Å². The lowest BCUT2D eigenvalue weighted by molar-refractivity contribution is 0.101. The molecule has 0 aliphatic heterocycles. The third-order valence-electron chi connectivity index (χ3n) is 1.71. The van der Waals surface area contributed by atoms with Gasteiger partial charge in [-0.25, -0.2) is 4.98 Å². The van der Waals surface area contributed by atoms with Gasteiger partial charge in [0.05, 0.1) is 0 Å². The lowest BCUT2D eigenvalue weighted by Crippen LogP contribution is -1.91. The van der Waals surface area contributed by atoms with E-state index in [0.29, 0.717) is 16.4 Å². The van der Waals surface area contributed by atoms with Crippen LogP contribution in [-0.2, 0) is 0 Å². The Morgan fingerprint density at radius 2 is 2.36 bits per heavy atom. The normalized spacial score (nSPS) is 10.4. The van der Waals surface area contributed by atoms with Crippen LogP contribution >= 0.6 is 11.3 Å². The Balaban J connectivity index is 2.38. The Morgan fingerprint density at radius 3 is 2.86 bits per heavy atom. The topological polar surface area (TPSA) is 56.0 Å². The first-order valence-corrected chi connectivity index (χ1v) is 4.95. The lowest BCUT2D eigenvalue weighted by atomic mass is 10.3. The molecular weight excluding hydrogens is 200 g/mol. The van der Waals surface area contributed by atoms with E-state index in [1.807, 2.05) is 6.92 Å². The highest BCUT2D eigenvalue weighted by molar-refractivity contribution is 7.13. The summed E-state index contributed by atoms with van der Waals surface area (Å²) in [6.07, 6.45) is 0. The number of carbonyl (C=O) groups excluding carboxylic acids is 1. The van der Waals surface area contributed by atoms with Crippen molar-refractivity contribution in [1.82, 2.24) is 10.1 Å². The van der Waals surface area contributed by atoms with E-state index in [9.17, 15) is 4.79 Å². The van der Waals surface area contributed by atoms with Crippen LogP contribution in [0.15, 0.2) is 16.0 Å². The van der Waals surface area contributed by atoms with Crippen LogP contribution in [0.3, 0.4) is 0 Å². The van der Waals surface area contributed by atoms with Crippen LogP contribution in [0.5, 0.6) is 0 Å². The third kappa shape index (κ3) is 1.58. The van der Waals surface area contributed by atoms with Gasteiger partial charge in [-0.05, 0) is 6.92 Å². The molecule has 72 valence electrons. The molecule has 0 amide bonds. The quantitative estimate of drug-likeness (QED) is 0.710. The van der Waals surface area contributed by atoms with E-state index in [4.69, 9.17) is 4.52 Å². The van der Waals surface area contributed by atoms with E-state index < -0.39 is 0 Å². The van der Waals surface area contributed by atoms with Gasteiger partial charge in [-0.1, -0.05) is 5.16 Å². The van der Waals surface area contributed by atoms with Crippen LogP contribution in [0.25, 0.3) is 10.7 Å². The molecular formula is C9H8N2O2S. The van der Waals surface area contributed by atoms with Crippen molar-refractivity contribution >= 4 is 17.1 Å². The molecule has 0 fully saturated rings. The molecule has 0 aromatic carbocycles. The van der Waals surface area contributed by atoms with Gasteiger partial charge in [-0.2, -0.15) is 0 Å². The fourth-order valence-electron chi connectivity index (χ4n) is 1.02. The molecule has 0 unspecified atom stereocenters. The van der Waals surface area contributed by atoms with E-state index in [0.717, 1.165) is 5.76 Å². The summed E-state index contributed by atoms with van der Waals surface area (Å²) in [4.78, 5) is 15.1. The van der Waals surface area contributed by atoms with Crippen molar-refractivity contribution in [2.75, 3.05) is 0 Å². The summed E-state index contributed by atoms with van der Waals surface area (Å²) in [6, 6.07) is 1.79. The summed E-state index contributed by atoms with van der Waals surface area (Å²) in [5, 5.41) is 6.26. The molecule has 2 aromatic rings. The number of hydrogen-bond acceptors (Lipinski definition) is 5. The summed E-state index contributed by atoms with van der Waals surface area (Å²) in [5.74, 6) is 0.701. The molecule has 0 saturated carbocycles. The number of Topliss-reactive ketones (excluding diaryl/α,β-unsaturated/α-hetero) is 1. The van der Waals surface area contributed by atoms with Crippen LogP contribution in [0.2, 0.25) is 0 Å². The van der Waals surface area contributed by atoms with Gasteiger partial charge in [0, 0.05) is 18.4 Å². The van der Waals surface area contributed by atoms with Crippen molar-refractivity contribution < 1.29 is 9.32 Å². The predicted octanol–water partition coefficient (Wildman–Crippen LogP) is 2.31. The second-order valence-corrected chi connectivity index (χ2v) is 3.77. The third-order valence-corrected chi connectivity index (χ3v) is 2.58. The molecule has 5 heteroatoms. The molecule has 0 spiro atoms. The minimum atomic E-state index is -0.0345. The average molecular weight is 208 g/mol. The second kappa shape index (κ2) is 3.34. The Kier molecular flexibility index (Phi) is 2.17. The Morgan fingerprint density at radius 1 is 1.57 bits per heavy atom. The van der Waals surface area contributed by atoms with Crippen LogP contribution in [0.4, 0.5) is 0 Å². The SMILES string of the molecule is CC(=O)c1csc(-c2cc(C)on2)n1. The number of aryl methyl sites for hydroxylation is 1. The summed E-state index contributed by atoms with van der Waals surface area (Å²) in [5.41, 5.74) is 1.16. The highest BCUT2D eigenvalue weighted by Gasteiger charge is 2.10. The van der Waals surface area contributed by atoms with Crippen molar-refractivity contribution in [2.45, 2.75) is 13.8 Å². The van der Waals surface area contributed by atoms with Gasteiger partial charge in [0.2, 0.25) is 0 Å². The maximum atomic E-state index is 11.0. The zero-order valence-electron chi connectivity index (χ0n) is 7.77. The number of ketones is 1. The van der Waals surface area contributed by atoms with Crippen LogP contribution < -0.4 is 0 Å². The monoisotopic (exact) mass is 208 g/mol. The minimum Gasteiger partial charge on any atom is -0.361 e. The molecule has 0 bridgehead atoms. The van der Waals surface area contributed by atoms with Crippen molar-refractivity contribution in [3.05, 3.63) is 22.9 Å².